The van der Waals surface area contributed by atoms with Crippen LogP contribution in [0, 0.1) is 0 Å². The number of ether oxygens (including phenoxy) is 1. The quantitative estimate of drug-likeness (QED) is 0.909. The molecule has 0 saturated heterocycles. The van der Waals surface area contributed by atoms with Gasteiger partial charge in [-0.15, -0.1) is 0 Å². The van der Waals surface area contributed by atoms with E-state index in [-0.39, 0.29) is 5.41 Å². The van der Waals surface area contributed by atoms with Gasteiger partial charge in [-0.1, -0.05) is 54.6 Å². The van der Waals surface area contributed by atoms with E-state index in [1.165, 1.54) is 5.56 Å². The summed E-state index contributed by atoms with van der Waals surface area (Å²) in [6, 6.07) is 18.3. The molecule has 1 aliphatic rings. The van der Waals surface area contributed by atoms with E-state index in [4.69, 9.17) is 4.74 Å². The Kier molecular flexibility index (Phi) is 4.49. The van der Waals surface area contributed by atoms with Crippen molar-refractivity contribution in [2.75, 3.05) is 13.2 Å². The molecular formula is C20H22O3. The lowest BCUT2D eigenvalue weighted by Gasteiger charge is -2.41. The minimum Gasteiger partial charge on any atom is -0.481 e. The second-order valence-corrected chi connectivity index (χ2v) is 6.10. The zero-order valence-electron chi connectivity index (χ0n) is 13.4. The van der Waals surface area contributed by atoms with Gasteiger partial charge in [0.1, 0.15) is 0 Å². The summed E-state index contributed by atoms with van der Waals surface area (Å²) in [7, 11) is 0. The molecule has 3 rings (SSSR count). The Labute approximate surface area is 136 Å². The zero-order valence-corrected chi connectivity index (χ0v) is 13.4. The van der Waals surface area contributed by atoms with E-state index in [0.717, 1.165) is 17.5 Å². The molecule has 1 N–H and O–H groups in total. The van der Waals surface area contributed by atoms with Gasteiger partial charge < -0.3 is 9.84 Å². The third kappa shape index (κ3) is 2.77. The van der Waals surface area contributed by atoms with Gasteiger partial charge in [-0.3, -0.25) is 4.79 Å². The molecule has 2 aromatic carbocycles. The monoisotopic (exact) mass is 310 g/mol. The van der Waals surface area contributed by atoms with Crippen molar-refractivity contribution in [3.8, 4) is 0 Å². The number of carboxylic acids is 1. The zero-order chi connectivity index (χ0) is 16.3. The summed E-state index contributed by atoms with van der Waals surface area (Å²) in [6.45, 7) is 3.23. The van der Waals surface area contributed by atoms with Crippen LogP contribution in [0.5, 0.6) is 0 Å². The summed E-state index contributed by atoms with van der Waals surface area (Å²) >= 11 is 0. The van der Waals surface area contributed by atoms with Crippen molar-refractivity contribution < 1.29 is 14.6 Å². The predicted molar refractivity (Wildman–Crippen MR) is 89.8 cm³/mol. The molecule has 3 heteroatoms. The van der Waals surface area contributed by atoms with E-state index in [1.54, 1.807) is 0 Å². The number of carboxylic acid groups (broad SMARTS) is 1. The lowest BCUT2D eigenvalue weighted by Crippen LogP contribution is -2.39. The average molecular weight is 310 g/mol. The van der Waals surface area contributed by atoms with E-state index < -0.39 is 11.9 Å². The number of hydrogen-bond acceptors (Lipinski definition) is 2. The molecule has 0 bridgehead atoms. The Hall–Kier alpha value is -2.13. The van der Waals surface area contributed by atoms with Crippen LogP contribution in [-0.4, -0.2) is 24.3 Å². The highest BCUT2D eigenvalue weighted by Crippen LogP contribution is 2.47. The molecule has 0 unspecified atom stereocenters. The third-order valence-corrected chi connectivity index (χ3v) is 4.89. The number of fused-ring (bicyclic) bond motifs is 1. The molecule has 0 heterocycles. The molecule has 0 amide bonds. The van der Waals surface area contributed by atoms with Gasteiger partial charge in [0.05, 0.1) is 12.5 Å². The van der Waals surface area contributed by atoms with Crippen molar-refractivity contribution in [2.24, 2.45) is 0 Å². The van der Waals surface area contributed by atoms with Crippen LogP contribution in [0.3, 0.4) is 0 Å². The fraction of sp³-hybridized carbons (Fsp3) is 0.350. The Balaban J connectivity index is 2.16. The van der Waals surface area contributed by atoms with Crippen LogP contribution in [0.25, 0.3) is 0 Å². The minimum absolute atomic E-state index is 0.264. The van der Waals surface area contributed by atoms with Gasteiger partial charge in [0.2, 0.25) is 0 Å². The van der Waals surface area contributed by atoms with E-state index in [2.05, 4.69) is 18.2 Å². The molecule has 0 aliphatic heterocycles. The standard InChI is InChI=1S/C20H22O3/c1-2-23-14-20(15-8-4-3-5-9-15)13-12-17(19(21)22)16-10-6-7-11-18(16)20/h3-11,17H,2,12-14H2,1H3,(H,21,22)/t17-,20+/m0/s1. The number of rotatable bonds is 5. The third-order valence-electron chi connectivity index (χ3n) is 4.89. The van der Waals surface area contributed by atoms with Crippen LogP contribution >= 0.6 is 0 Å². The van der Waals surface area contributed by atoms with Crippen molar-refractivity contribution in [3.63, 3.8) is 0 Å². The highest BCUT2D eigenvalue weighted by atomic mass is 16.5. The maximum absolute atomic E-state index is 11.6. The molecule has 3 nitrogen and oxygen atoms in total. The fourth-order valence-electron chi connectivity index (χ4n) is 3.74. The van der Waals surface area contributed by atoms with Gasteiger partial charge in [0.25, 0.3) is 0 Å². The van der Waals surface area contributed by atoms with Crippen molar-refractivity contribution in [3.05, 3.63) is 71.3 Å². The van der Waals surface area contributed by atoms with Crippen LogP contribution in [-0.2, 0) is 14.9 Å². The van der Waals surface area contributed by atoms with Crippen molar-refractivity contribution >= 4 is 5.97 Å². The van der Waals surface area contributed by atoms with E-state index in [1.807, 2.05) is 43.3 Å². The maximum Gasteiger partial charge on any atom is 0.310 e. The van der Waals surface area contributed by atoms with Crippen LogP contribution in [0.15, 0.2) is 54.6 Å². The molecule has 0 fully saturated rings. The van der Waals surface area contributed by atoms with E-state index >= 15 is 0 Å². The van der Waals surface area contributed by atoms with Gasteiger partial charge in [0.15, 0.2) is 0 Å². The van der Waals surface area contributed by atoms with Gasteiger partial charge in [-0.25, -0.2) is 0 Å². The molecule has 0 aromatic heterocycles. The molecule has 120 valence electrons. The van der Waals surface area contributed by atoms with Crippen molar-refractivity contribution in [1.29, 1.82) is 0 Å². The molecular weight excluding hydrogens is 288 g/mol. The smallest absolute Gasteiger partial charge is 0.310 e. The Morgan fingerprint density at radius 3 is 2.57 bits per heavy atom. The average Bonchev–Trinajstić information content (AvgIpc) is 2.60. The number of carbonyl (C=O) groups is 1. The Morgan fingerprint density at radius 2 is 1.87 bits per heavy atom. The molecule has 23 heavy (non-hydrogen) atoms. The lowest BCUT2D eigenvalue weighted by atomic mass is 9.63. The number of benzene rings is 2. The van der Waals surface area contributed by atoms with Gasteiger partial charge >= 0.3 is 5.97 Å². The number of hydrogen-bond donors (Lipinski definition) is 1. The molecule has 2 aromatic rings. The summed E-state index contributed by atoms with van der Waals surface area (Å²) in [4.78, 5) is 11.6. The fourth-order valence-corrected chi connectivity index (χ4v) is 3.74. The summed E-state index contributed by atoms with van der Waals surface area (Å²) in [5, 5.41) is 9.57. The summed E-state index contributed by atoms with van der Waals surface area (Å²) in [5.41, 5.74) is 2.96. The van der Waals surface area contributed by atoms with Crippen LogP contribution in [0.4, 0.5) is 0 Å². The first-order chi connectivity index (χ1) is 11.2. The summed E-state index contributed by atoms with van der Waals surface area (Å²) < 4.78 is 5.84. The molecule has 1 aliphatic carbocycles. The Bertz CT molecular complexity index is 680. The number of aliphatic carboxylic acids is 1. The first kappa shape index (κ1) is 15.8. The summed E-state index contributed by atoms with van der Waals surface area (Å²) in [6.07, 6.45) is 1.42. The van der Waals surface area contributed by atoms with E-state index in [9.17, 15) is 9.90 Å². The SMILES string of the molecule is CCOC[C@@]1(c2ccccc2)CC[C@H](C(=O)O)c2ccccc21. The van der Waals surface area contributed by atoms with Gasteiger partial charge in [-0.05, 0) is 36.5 Å². The normalized spacial score (nSPS) is 23.3. The maximum atomic E-state index is 11.6. The molecule has 0 spiro atoms. The first-order valence-electron chi connectivity index (χ1n) is 8.14. The van der Waals surface area contributed by atoms with Gasteiger partial charge in [0, 0.05) is 12.0 Å². The minimum atomic E-state index is -0.740. The highest BCUT2D eigenvalue weighted by molar-refractivity contribution is 5.77. The van der Waals surface area contributed by atoms with Crippen molar-refractivity contribution in [1.82, 2.24) is 0 Å². The molecule has 2 atom stereocenters. The topological polar surface area (TPSA) is 46.5 Å². The summed E-state index contributed by atoms with van der Waals surface area (Å²) in [5.74, 6) is -1.17. The second kappa shape index (κ2) is 6.55. The predicted octanol–water partition coefficient (Wildman–Crippen LogP) is 3.97. The van der Waals surface area contributed by atoms with Crippen LogP contribution < -0.4 is 0 Å². The Morgan fingerprint density at radius 1 is 1.17 bits per heavy atom. The first-order valence-corrected chi connectivity index (χ1v) is 8.14. The largest absolute Gasteiger partial charge is 0.481 e. The van der Waals surface area contributed by atoms with E-state index in [0.29, 0.717) is 19.6 Å². The lowest BCUT2D eigenvalue weighted by molar-refractivity contribution is -0.139. The van der Waals surface area contributed by atoms with Crippen molar-refractivity contribution in [2.45, 2.75) is 31.1 Å². The van der Waals surface area contributed by atoms with Crippen LogP contribution in [0.2, 0.25) is 0 Å². The highest BCUT2D eigenvalue weighted by Gasteiger charge is 2.43. The molecule has 0 radical (unpaired) electrons. The van der Waals surface area contributed by atoms with Gasteiger partial charge in [-0.2, -0.15) is 0 Å². The van der Waals surface area contributed by atoms with Crippen LogP contribution in [0.1, 0.15) is 42.4 Å². The second-order valence-electron chi connectivity index (χ2n) is 6.10. The molecule has 0 saturated carbocycles.